The Labute approximate surface area is 526 Å². The van der Waals surface area contributed by atoms with Gasteiger partial charge in [-0.25, -0.2) is 19.2 Å². The Balaban J connectivity index is 0.000000281. The number of para-hydroxylation sites is 1. The summed E-state index contributed by atoms with van der Waals surface area (Å²) in [5.41, 5.74) is 7.03. The van der Waals surface area contributed by atoms with Gasteiger partial charge < -0.3 is 34.5 Å². The fourth-order valence-electron chi connectivity index (χ4n) is 12.2. The number of nitrogens with one attached hydrogen (secondary N) is 2. The average molecular weight is 1220 g/mol. The molecule has 4 aliphatic heterocycles. The molecule has 90 heavy (non-hydrogen) atoms. The van der Waals surface area contributed by atoms with E-state index in [2.05, 4.69) is 137 Å². The maximum atomic E-state index is 13.8. The minimum absolute atomic E-state index is 0.0259. The molecule has 0 spiro atoms. The molecule has 18 nitrogen and oxygen atoms in total. The van der Waals surface area contributed by atoms with Gasteiger partial charge in [-0.3, -0.25) is 25.1 Å². The zero-order chi connectivity index (χ0) is 64.3. The number of benzene rings is 6. The molecule has 2 fully saturated rings. The molecule has 0 saturated carbocycles. The van der Waals surface area contributed by atoms with Gasteiger partial charge in [0.15, 0.2) is 0 Å². The van der Waals surface area contributed by atoms with Gasteiger partial charge in [-0.05, 0) is 107 Å². The van der Waals surface area contributed by atoms with Crippen molar-refractivity contribution in [2.75, 3.05) is 53.2 Å². The maximum absolute atomic E-state index is 13.8. The van der Waals surface area contributed by atoms with E-state index in [1.165, 1.54) is 92.2 Å². The van der Waals surface area contributed by atoms with Crippen LogP contribution in [-0.2, 0) is 38.1 Å². The molecule has 470 valence electrons. The first kappa shape index (κ1) is 66.4. The largest absolute Gasteiger partial charge is 0.466 e. The van der Waals surface area contributed by atoms with Crippen LogP contribution < -0.4 is 10.6 Å². The van der Waals surface area contributed by atoms with Crippen LogP contribution in [0.2, 0.25) is 0 Å². The van der Waals surface area contributed by atoms with Gasteiger partial charge >= 0.3 is 23.9 Å². The van der Waals surface area contributed by atoms with Crippen molar-refractivity contribution in [2.24, 2.45) is 5.92 Å². The monoisotopic (exact) mass is 1220 g/mol. The quantitative estimate of drug-likeness (QED) is 0.0238. The van der Waals surface area contributed by atoms with Gasteiger partial charge in [-0.2, -0.15) is 0 Å². The van der Waals surface area contributed by atoms with E-state index in [0.29, 0.717) is 41.7 Å². The van der Waals surface area contributed by atoms with Crippen LogP contribution in [0.1, 0.15) is 119 Å². The molecule has 2 saturated heterocycles. The van der Waals surface area contributed by atoms with Crippen molar-refractivity contribution in [3.05, 3.63) is 269 Å². The number of nitro groups is 2. The first-order valence-electron chi connectivity index (χ1n) is 30.4. The van der Waals surface area contributed by atoms with Crippen LogP contribution in [0.5, 0.6) is 0 Å². The fraction of sp³-hybridized carbons (Fsp3) is 0.333. The van der Waals surface area contributed by atoms with E-state index < -0.39 is 52.0 Å². The maximum Gasteiger partial charge on any atom is 0.339 e. The molecule has 4 heterocycles. The van der Waals surface area contributed by atoms with Crippen LogP contribution in [0.25, 0.3) is 0 Å². The molecule has 1 unspecified atom stereocenters. The van der Waals surface area contributed by atoms with Gasteiger partial charge in [0, 0.05) is 91.4 Å². The number of nitro benzene ring substituents is 2. The molecule has 4 aliphatic rings. The summed E-state index contributed by atoms with van der Waals surface area (Å²) in [6.07, 6.45) is 4.05. The number of likely N-dealkylation sites (tertiary alicyclic amines) is 2. The third kappa shape index (κ3) is 17.6. The minimum Gasteiger partial charge on any atom is -0.466 e. The average Bonchev–Trinajstić information content (AvgIpc) is 2.02. The van der Waals surface area contributed by atoms with Gasteiger partial charge in [0.05, 0.1) is 45.2 Å². The van der Waals surface area contributed by atoms with Crippen LogP contribution in [0.4, 0.5) is 11.4 Å². The lowest BCUT2D eigenvalue weighted by Gasteiger charge is -2.30. The van der Waals surface area contributed by atoms with Crippen molar-refractivity contribution in [2.45, 2.75) is 97.0 Å². The molecule has 0 aliphatic carbocycles. The number of hydrogen-bond acceptors (Lipinski definition) is 16. The topological polar surface area (TPSA) is 222 Å². The van der Waals surface area contributed by atoms with Crippen molar-refractivity contribution in [1.29, 1.82) is 0 Å². The summed E-state index contributed by atoms with van der Waals surface area (Å²) in [7, 11) is 1.19. The van der Waals surface area contributed by atoms with Crippen molar-refractivity contribution in [1.82, 2.24) is 20.4 Å². The van der Waals surface area contributed by atoms with Crippen LogP contribution >= 0.6 is 0 Å². The predicted octanol–water partition coefficient (Wildman–Crippen LogP) is 13.0. The number of non-ortho nitro benzene ring substituents is 2. The van der Waals surface area contributed by atoms with Gasteiger partial charge in [0.25, 0.3) is 11.4 Å². The first-order chi connectivity index (χ1) is 43.3. The van der Waals surface area contributed by atoms with Crippen LogP contribution in [0.3, 0.4) is 0 Å². The van der Waals surface area contributed by atoms with Crippen molar-refractivity contribution in [3.63, 3.8) is 0 Å². The van der Waals surface area contributed by atoms with Crippen molar-refractivity contribution in [3.8, 4) is 0 Å². The second kappa shape index (κ2) is 31.6. The summed E-state index contributed by atoms with van der Waals surface area (Å²) in [5, 5.41) is 27.7. The summed E-state index contributed by atoms with van der Waals surface area (Å²) < 4.78 is 22.0. The number of nitrogens with zero attached hydrogens (tertiary/aromatic N) is 4. The van der Waals surface area contributed by atoms with E-state index in [-0.39, 0.29) is 51.6 Å². The van der Waals surface area contributed by atoms with Crippen LogP contribution in [0, 0.1) is 26.1 Å². The van der Waals surface area contributed by atoms with Gasteiger partial charge in [-0.1, -0.05) is 159 Å². The summed E-state index contributed by atoms with van der Waals surface area (Å²) in [5.74, 6) is -2.51. The Morgan fingerprint density at radius 1 is 0.567 bits per heavy atom. The molecular weight excluding hydrogens is 1140 g/mol. The molecule has 6 aromatic rings. The highest BCUT2D eigenvalue weighted by atomic mass is 16.7. The number of hydrogen-bond donors (Lipinski definition) is 2. The van der Waals surface area contributed by atoms with E-state index in [1.807, 2.05) is 19.1 Å². The highest BCUT2D eigenvalue weighted by Crippen LogP contribution is 2.41. The Morgan fingerprint density at radius 2 is 1.01 bits per heavy atom. The Bertz CT molecular complexity index is 3540. The standard InChI is InChI=1S/C46H50N4O10.C20H25N.C6H5NO2/c1-28-37(42(51)58-27-59-45(54)40-31(4)48-30(3)39(44(53)57-6)41(40)34-18-13-19-35(24-34)50(55)56)25-38(29(2)47-28)43(52)60-46(5)21-23-49(26-46)22-20-36(32-14-9-7-10-15-32)33-16-11-8-12-17-33;1-17-12-14-21(16-17)15-13-20(18-8-4-2-5-9-18)19-10-6-3-7-11-19;8-7(9)6-4-2-1-3-5-6/h7-19,24,36,41,47-48H,20-23,25-27H2,1-6H3;2-11,17,20H,12-16H2,1H3;1-5H/t41-,46-;;/m0../s1. The van der Waals surface area contributed by atoms with Crippen molar-refractivity contribution < 1.29 is 48.0 Å². The van der Waals surface area contributed by atoms with Gasteiger partial charge in [-0.15, -0.1) is 0 Å². The third-order valence-corrected chi connectivity index (χ3v) is 16.9. The molecular formula is C72H80N6O12. The normalized spacial score (nSPS) is 18.4. The van der Waals surface area contributed by atoms with E-state index >= 15 is 0 Å². The molecule has 0 bridgehead atoms. The Morgan fingerprint density at radius 3 is 1.48 bits per heavy atom. The molecule has 6 aromatic carbocycles. The number of esters is 4. The van der Waals surface area contributed by atoms with Crippen molar-refractivity contribution >= 4 is 35.3 Å². The second-order valence-corrected chi connectivity index (χ2v) is 23.4. The van der Waals surface area contributed by atoms with E-state index in [0.717, 1.165) is 25.4 Å². The molecule has 0 radical (unpaired) electrons. The smallest absolute Gasteiger partial charge is 0.339 e. The lowest BCUT2D eigenvalue weighted by atomic mass is 9.80. The summed E-state index contributed by atoms with van der Waals surface area (Å²) in [6.45, 7) is 16.0. The molecule has 0 aromatic heterocycles. The highest BCUT2D eigenvalue weighted by Gasteiger charge is 2.41. The summed E-state index contributed by atoms with van der Waals surface area (Å²) in [4.78, 5) is 79.4. The number of rotatable bonds is 20. The van der Waals surface area contributed by atoms with Crippen LogP contribution in [-0.4, -0.2) is 102 Å². The Kier molecular flexibility index (Phi) is 23.3. The number of allylic oxidation sites excluding steroid dienone is 4. The SMILES string of the molecule is CC1CCN(CCC(c2ccccc2)c2ccccc2)C1.COC(=O)C1=C(C)NC(C)=C(C(=O)OCOC(=O)C2=C(C)NC(C)=C(C(=O)O[C@@]3(C)CCN(CCC(c4ccccc4)c4ccccc4)C3)C2)[C@H]1c1cccc([N+](=O)[O-])c1.O=[N+]([O-])c1ccccc1. The van der Waals surface area contributed by atoms with E-state index in [4.69, 9.17) is 18.9 Å². The summed E-state index contributed by atoms with van der Waals surface area (Å²) >= 11 is 0. The highest BCUT2D eigenvalue weighted by molar-refractivity contribution is 6.00. The molecule has 3 atom stereocenters. The van der Waals surface area contributed by atoms with E-state index in [9.17, 15) is 39.4 Å². The van der Waals surface area contributed by atoms with Gasteiger partial charge in [0.1, 0.15) is 5.60 Å². The number of ether oxygens (including phenoxy) is 4. The second-order valence-electron chi connectivity index (χ2n) is 23.4. The summed E-state index contributed by atoms with van der Waals surface area (Å²) in [6, 6.07) is 56.3. The Hall–Kier alpha value is -9.52. The number of dihydropyridines is 2. The van der Waals surface area contributed by atoms with Crippen LogP contribution in [0.15, 0.2) is 221 Å². The van der Waals surface area contributed by atoms with Gasteiger partial charge in [0.2, 0.25) is 6.79 Å². The minimum atomic E-state index is -1.09. The zero-order valence-electron chi connectivity index (χ0n) is 52.2. The molecule has 18 heteroatoms. The first-order valence-corrected chi connectivity index (χ1v) is 30.4. The number of methoxy groups -OCH3 is 1. The molecule has 2 N–H and O–H groups in total. The number of carbonyl (C=O) groups is 4. The molecule has 10 rings (SSSR count). The fourth-order valence-corrected chi connectivity index (χ4v) is 12.2. The third-order valence-electron chi connectivity index (χ3n) is 16.9. The number of carbonyl (C=O) groups excluding carboxylic acids is 4. The van der Waals surface area contributed by atoms with E-state index in [1.54, 1.807) is 52.0 Å². The molecule has 0 amide bonds. The lowest BCUT2D eigenvalue weighted by molar-refractivity contribution is -0.385. The predicted molar refractivity (Wildman–Crippen MR) is 344 cm³/mol. The lowest BCUT2D eigenvalue weighted by Crippen LogP contribution is -2.37. The zero-order valence-corrected chi connectivity index (χ0v) is 52.2.